The van der Waals surface area contributed by atoms with E-state index in [1.165, 1.54) is 0 Å². The minimum atomic E-state index is -0.0613. The summed E-state index contributed by atoms with van der Waals surface area (Å²) >= 11 is 0. The molecule has 2 aliphatic rings. The van der Waals surface area contributed by atoms with Crippen LogP contribution in [-0.4, -0.2) is 47.4 Å². The predicted octanol–water partition coefficient (Wildman–Crippen LogP) is 1.46. The topological polar surface area (TPSA) is 59.5 Å². The van der Waals surface area contributed by atoms with Crippen LogP contribution in [0.5, 0.6) is 0 Å². The lowest BCUT2D eigenvalue weighted by atomic mass is 9.93. The molecule has 2 heterocycles. The lowest BCUT2D eigenvalue weighted by molar-refractivity contribution is -0.0124. The maximum atomic E-state index is 12.5. The van der Waals surface area contributed by atoms with Gasteiger partial charge in [0.1, 0.15) is 0 Å². The number of aryl methyl sites for hydroxylation is 1. The fourth-order valence-corrected chi connectivity index (χ4v) is 2.79. The van der Waals surface area contributed by atoms with Crippen LogP contribution in [0.15, 0.2) is 12.3 Å². The first-order valence-corrected chi connectivity index (χ1v) is 7.08. The SMILES string of the molecule is CC1CN(C(=O)c2cnc3c(c2)C(=O)CCC3)CCO1. The summed E-state index contributed by atoms with van der Waals surface area (Å²) in [5.41, 5.74) is 1.96. The monoisotopic (exact) mass is 274 g/mol. The molecule has 1 saturated heterocycles. The molecule has 5 nitrogen and oxygen atoms in total. The summed E-state index contributed by atoms with van der Waals surface area (Å²) in [5, 5.41) is 0. The molecule has 20 heavy (non-hydrogen) atoms. The highest BCUT2D eigenvalue weighted by Gasteiger charge is 2.25. The minimum absolute atomic E-state index is 0.0555. The number of pyridine rings is 1. The van der Waals surface area contributed by atoms with Gasteiger partial charge in [-0.25, -0.2) is 0 Å². The molecule has 1 aliphatic carbocycles. The van der Waals surface area contributed by atoms with Gasteiger partial charge in [0.25, 0.3) is 5.91 Å². The third kappa shape index (κ3) is 2.45. The van der Waals surface area contributed by atoms with Crippen molar-refractivity contribution < 1.29 is 14.3 Å². The third-order valence-electron chi connectivity index (χ3n) is 3.86. The maximum absolute atomic E-state index is 12.5. The van der Waals surface area contributed by atoms with Crippen molar-refractivity contribution in [2.45, 2.75) is 32.3 Å². The van der Waals surface area contributed by atoms with Crippen LogP contribution in [0.2, 0.25) is 0 Å². The highest BCUT2D eigenvalue weighted by molar-refractivity contribution is 6.01. The molecular formula is C15H18N2O3. The van der Waals surface area contributed by atoms with E-state index < -0.39 is 0 Å². The van der Waals surface area contributed by atoms with Gasteiger partial charge < -0.3 is 9.64 Å². The largest absolute Gasteiger partial charge is 0.375 e. The van der Waals surface area contributed by atoms with Crippen LogP contribution in [0.25, 0.3) is 0 Å². The number of ether oxygens (including phenoxy) is 1. The minimum Gasteiger partial charge on any atom is -0.375 e. The van der Waals surface area contributed by atoms with E-state index in [2.05, 4.69) is 4.98 Å². The number of Topliss-reactive ketones (excluding diaryl/α,β-unsaturated/α-hetero) is 1. The van der Waals surface area contributed by atoms with Gasteiger partial charge in [-0.2, -0.15) is 0 Å². The van der Waals surface area contributed by atoms with E-state index >= 15 is 0 Å². The fourth-order valence-electron chi connectivity index (χ4n) is 2.79. The van der Waals surface area contributed by atoms with Crippen LogP contribution in [0, 0.1) is 0 Å². The summed E-state index contributed by atoms with van der Waals surface area (Å²) in [5.74, 6) is 0.0394. The van der Waals surface area contributed by atoms with Crippen LogP contribution >= 0.6 is 0 Å². The Kier molecular flexibility index (Phi) is 3.53. The van der Waals surface area contributed by atoms with Crippen molar-refractivity contribution in [3.8, 4) is 0 Å². The number of rotatable bonds is 1. The Hall–Kier alpha value is -1.75. The van der Waals surface area contributed by atoms with Crippen LogP contribution in [0.3, 0.4) is 0 Å². The van der Waals surface area contributed by atoms with Gasteiger partial charge in [0, 0.05) is 31.3 Å². The summed E-state index contributed by atoms with van der Waals surface area (Å²) in [6.07, 6.45) is 3.89. The van der Waals surface area contributed by atoms with Gasteiger partial charge in [0.15, 0.2) is 5.78 Å². The van der Waals surface area contributed by atoms with Gasteiger partial charge >= 0.3 is 0 Å². The Morgan fingerprint density at radius 2 is 2.30 bits per heavy atom. The second kappa shape index (κ2) is 5.32. The number of fused-ring (bicyclic) bond motifs is 1. The first-order valence-electron chi connectivity index (χ1n) is 7.08. The number of morpholine rings is 1. The number of hydrogen-bond acceptors (Lipinski definition) is 4. The summed E-state index contributed by atoms with van der Waals surface area (Å²) in [4.78, 5) is 30.4. The summed E-state index contributed by atoms with van der Waals surface area (Å²) in [7, 11) is 0. The molecule has 1 amide bonds. The van der Waals surface area contributed by atoms with E-state index in [1.807, 2.05) is 6.92 Å². The zero-order valence-electron chi connectivity index (χ0n) is 11.6. The van der Waals surface area contributed by atoms with Crippen LogP contribution in [-0.2, 0) is 11.2 Å². The van der Waals surface area contributed by atoms with E-state index in [0.717, 1.165) is 18.5 Å². The number of ketones is 1. The molecule has 0 aromatic carbocycles. The number of carbonyl (C=O) groups excluding carboxylic acids is 2. The molecule has 1 atom stereocenters. The second-order valence-corrected chi connectivity index (χ2v) is 5.43. The summed E-state index contributed by atoms with van der Waals surface area (Å²) < 4.78 is 5.44. The zero-order valence-corrected chi connectivity index (χ0v) is 11.6. The molecule has 106 valence electrons. The number of hydrogen-bond donors (Lipinski definition) is 0. The Morgan fingerprint density at radius 1 is 1.45 bits per heavy atom. The average molecular weight is 274 g/mol. The van der Waals surface area contributed by atoms with Gasteiger partial charge in [0.05, 0.1) is 24.0 Å². The van der Waals surface area contributed by atoms with Crippen LogP contribution < -0.4 is 0 Å². The quantitative estimate of drug-likeness (QED) is 0.778. The molecule has 1 fully saturated rings. The molecule has 1 unspecified atom stereocenters. The first-order chi connectivity index (χ1) is 9.65. The molecule has 3 rings (SSSR count). The Balaban J connectivity index is 1.85. The molecule has 0 saturated carbocycles. The predicted molar refractivity (Wildman–Crippen MR) is 72.8 cm³/mol. The second-order valence-electron chi connectivity index (χ2n) is 5.43. The maximum Gasteiger partial charge on any atom is 0.255 e. The fraction of sp³-hybridized carbons (Fsp3) is 0.533. The Bertz CT molecular complexity index is 556. The number of aromatic nitrogens is 1. The lowest BCUT2D eigenvalue weighted by Crippen LogP contribution is -2.44. The normalized spacial score (nSPS) is 22.6. The average Bonchev–Trinajstić information content (AvgIpc) is 2.47. The van der Waals surface area contributed by atoms with Gasteiger partial charge in [-0.1, -0.05) is 0 Å². The van der Waals surface area contributed by atoms with Crippen molar-refractivity contribution in [1.82, 2.24) is 9.88 Å². The summed E-state index contributed by atoms with van der Waals surface area (Å²) in [6.45, 7) is 3.69. The molecule has 5 heteroatoms. The van der Waals surface area contributed by atoms with E-state index in [9.17, 15) is 9.59 Å². The molecule has 0 N–H and O–H groups in total. The number of amides is 1. The van der Waals surface area contributed by atoms with Crippen LogP contribution in [0.1, 0.15) is 46.2 Å². The van der Waals surface area contributed by atoms with Gasteiger partial charge in [0.2, 0.25) is 0 Å². The molecule has 0 bridgehead atoms. The van der Waals surface area contributed by atoms with Crippen molar-refractivity contribution >= 4 is 11.7 Å². The van der Waals surface area contributed by atoms with Crippen molar-refractivity contribution in [2.75, 3.05) is 19.7 Å². The van der Waals surface area contributed by atoms with Crippen molar-refractivity contribution in [2.24, 2.45) is 0 Å². The molecule has 0 spiro atoms. The molecule has 1 aliphatic heterocycles. The van der Waals surface area contributed by atoms with E-state index in [1.54, 1.807) is 17.2 Å². The Morgan fingerprint density at radius 3 is 3.10 bits per heavy atom. The van der Waals surface area contributed by atoms with Gasteiger partial charge in [-0.05, 0) is 25.8 Å². The third-order valence-corrected chi connectivity index (χ3v) is 3.86. The molecule has 1 aromatic rings. The standard InChI is InChI=1S/C15H18N2O3/c1-10-9-17(5-6-20-10)15(19)11-7-12-13(16-8-11)3-2-4-14(12)18/h7-8,10H,2-6,9H2,1H3. The molecule has 1 aromatic heterocycles. The highest BCUT2D eigenvalue weighted by atomic mass is 16.5. The van der Waals surface area contributed by atoms with Gasteiger partial charge in [-0.15, -0.1) is 0 Å². The van der Waals surface area contributed by atoms with E-state index in [4.69, 9.17) is 4.74 Å². The molecule has 0 radical (unpaired) electrons. The number of carbonyl (C=O) groups is 2. The lowest BCUT2D eigenvalue weighted by Gasteiger charge is -2.31. The van der Waals surface area contributed by atoms with Crippen molar-refractivity contribution in [3.05, 3.63) is 29.1 Å². The Labute approximate surface area is 117 Å². The van der Waals surface area contributed by atoms with E-state index in [-0.39, 0.29) is 17.8 Å². The first kappa shape index (κ1) is 13.2. The van der Waals surface area contributed by atoms with Crippen molar-refractivity contribution in [3.63, 3.8) is 0 Å². The molecular weight excluding hydrogens is 256 g/mol. The summed E-state index contributed by atoms with van der Waals surface area (Å²) in [6, 6.07) is 1.71. The van der Waals surface area contributed by atoms with E-state index in [0.29, 0.717) is 37.2 Å². The van der Waals surface area contributed by atoms with Gasteiger partial charge in [-0.3, -0.25) is 14.6 Å². The number of nitrogens with zero attached hydrogens (tertiary/aromatic N) is 2. The zero-order chi connectivity index (χ0) is 14.1. The smallest absolute Gasteiger partial charge is 0.255 e. The van der Waals surface area contributed by atoms with Crippen molar-refractivity contribution in [1.29, 1.82) is 0 Å². The highest BCUT2D eigenvalue weighted by Crippen LogP contribution is 2.21. The van der Waals surface area contributed by atoms with Crippen LogP contribution in [0.4, 0.5) is 0 Å².